The quantitative estimate of drug-likeness (QED) is 0.0939. The van der Waals surface area contributed by atoms with Gasteiger partial charge in [0.2, 0.25) is 0 Å². The van der Waals surface area contributed by atoms with Crippen LogP contribution in [0.15, 0.2) is 97.3 Å². The Balaban J connectivity index is 0.000000248. The van der Waals surface area contributed by atoms with E-state index in [9.17, 15) is 35.9 Å². The molecule has 2 atom stereocenters. The minimum absolute atomic E-state index is 0.00812. The number of pyridine rings is 2. The molecule has 19 heteroatoms. The number of carbonyl (C=O) groups excluding carboxylic acids is 1. The monoisotopic (exact) mass is 886 g/mol. The van der Waals surface area contributed by atoms with Gasteiger partial charge in [-0.05, 0) is 86.6 Å². The molecule has 4 N–H and O–H groups in total. The maximum Gasteiger partial charge on any atom is 0.416 e. The van der Waals surface area contributed by atoms with Crippen LogP contribution >= 0.6 is 0 Å². The van der Waals surface area contributed by atoms with Gasteiger partial charge in [0.05, 0.1) is 49.7 Å². The van der Waals surface area contributed by atoms with E-state index in [-0.39, 0.29) is 46.6 Å². The maximum absolute atomic E-state index is 12.8. The molecule has 0 aliphatic heterocycles. The molecule has 0 fully saturated rings. The summed E-state index contributed by atoms with van der Waals surface area (Å²) in [6, 6.07) is 18.0. The summed E-state index contributed by atoms with van der Waals surface area (Å²) in [5, 5.41) is 12.9. The lowest BCUT2D eigenvalue weighted by Crippen LogP contribution is -2.35. The van der Waals surface area contributed by atoms with Crippen molar-refractivity contribution in [2.45, 2.75) is 38.3 Å². The summed E-state index contributed by atoms with van der Waals surface area (Å²) < 4.78 is 108. The number of alkyl halides is 6. The van der Waals surface area contributed by atoms with Crippen molar-refractivity contribution in [2.24, 2.45) is 5.73 Å². The molecule has 6 aromatic rings. The van der Waals surface area contributed by atoms with Gasteiger partial charge in [-0.2, -0.15) is 26.3 Å². The molecule has 6 rings (SSSR count). The molecular weight excluding hydrogens is 842 g/mol. The summed E-state index contributed by atoms with van der Waals surface area (Å²) in [6.07, 6.45) is -6.28. The molecule has 4 aromatic carbocycles. The van der Waals surface area contributed by atoms with Gasteiger partial charge in [-0.1, -0.05) is 0 Å². The van der Waals surface area contributed by atoms with Gasteiger partial charge in [-0.3, -0.25) is 14.8 Å². The fraction of sp³-hybridized carbons (Fsp3) is 0.273. The summed E-state index contributed by atoms with van der Waals surface area (Å²) in [6.45, 7) is 4.74. The van der Waals surface area contributed by atoms with Crippen molar-refractivity contribution < 1.29 is 69.5 Å². The average molecular weight is 887 g/mol. The largest absolute Gasteiger partial charge is 0.497 e. The summed E-state index contributed by atoms with van der Waals surface area (Å²) in [5.74, 6) is 0.297. The Labute approximate surface area is 357 Å². The summed E-state index contributed by atoms with van der Waals surface area (Å²) in [7, 11) is 6.09. The highest BCUT2D eigenvalue weighted by Crippen LogP contribution is 2.37. The van der Waals surface area contributed by atoms with E-state index >= 15 is 0 Å². The molecule has 63 heavy (non-hydrogen) atoms. The van der Waals surface area contributed by atoms with E-state index < -0.39 is 29.4 Å². The van der Waals surface area contributed by atoms with Gasteiger partial charge in [0.15, 0.2) is 11.5 Å². The van der Waals surface area contributed by atoms with E-state index in [1.807, 2.05) is 13.8 Å². The Hall–Kier alpha value is -6.70. The standard InChI is InChI=1S/C22H21F3N2O4.C18H12F3NO4.C4H11NO/c1-13(12-29-2)27-21(28)15-8-14-9-18(30-3)10-19(20(14)26-11-15)31-17-6-4-16(5-7-17)22(23,24)25;1-25-14-7-10-6-11(17(23)24)9-22-16(10)15(8-14)26-13-4-2-12(3-5-13)18(19,20)21;1-4(5)3-6-2/h4-11,13H,12H2,1-3H3,(H,27,28);2-9H,1H3,(H,23,24);4H,3,5H2,1-2H3/t13-;;4-/m0.0/s1. The third-order valence-electron chi connectivity index (χ3n) is 8.47. The smallest absolute Gasteiger partial charge is 0.416 e. The van der Waals surface area contributed by atoms with Crippen LogP contribution in [0.5, 0.6) is 34.5 Å². The molecule has 0 spiro atoms. The normalized spacial score (nSPS) is 12.2. The Bertz CT molecular complexity index is 2470. The number of carboxylic acids is 1. The van der Waals surface area contributed by atoms with Crippen molar-refractivity contribution in [3.05, 3.63) is 120 Å². The Kier molecular flexibility index (Phi) is 17.0. The number of aromatic carboxylic acids is 1. The molecule has 0 saturated carbocycles. The molecule has 0 unspecified atom stereocenters. The molecule has 0 saturated heterocycles. The topological polar surface area (TPSA) is 174 Å². The van der Waals surface area contributed by atoms with Crippen LogP contribution < -0.4 is 30.0 Å². The molecule has 0 radical (unpaired) electrons. The number of rotatable bonds is 13. The van der Waals surface area contributed by atoms with E-state index in [0.29, 0.717) is 52.1 Å². The number of fused-ring (bicyclic) bond motifs is 2. The van der Waals surface area contributed by atoms with Crippen LogP contribution in [0.3, 0.4) is 0 Å². The van der Waals surface area contributed by atoms with E-state index in [1.165, 1.54) is 63.0 Å². The number of hydrogen-bond acceptors (Lipinski definition) is 11. The third-order valence-corrected chi connectivity index (χ3v) is 8.47. The SMILES string of the molecule is COC[C@H](C)N.COC[C@H](C)NC(=O)c1cnc2c(Oc3ccc(C(F)(F)F)cc3)cc(OC)cc2c1.COc1cc(Oc2ccc(C(F)(F)F)cc2)c2ncc(C(=O)O)cc2c1. The van der Waals surface area contributed by atoms with E-state index in [2.05, 4.69) is 20.0 Å². The summed E-state index contributed by atoms with van der Waals surface area (Å²) in [5.41, 5.74) is 4.84. The number of ether oxygens (including phenoxy) is 6. The lowest BCUT2D eigenvalue weighted by molar-refractivity contribution is -0.138. The van der Waals surface area contributed by atoms with Gasteiger partial charge < -0.3 is 44.6 Å². The number of carbonyl (C=O) groups is 2. The zero-order chi connectivity index (χ0) is 46.5. The van der Waals surface area contributed by atoms with Crippen molar-refractivity contribution in [3.8, 4) is 34.5 Å². The second kappa shape index (κ2) is 21.9. The van der Waals surface area contributed by atoms with Crippen LogP contribution in [0, 0.1) is 0 Å². The van der Waals surface area contributed by atoms with Crippen LogP contribution in [0.25, 0.3) is 21.8 Å². The van der Waals surface area contributed by atoms with Gasteiger partial charge in [0, 0.05) is 61.6 Å². The Morgan fingerprint density at radius 3 is 1.40 bits per heavy atom. The van der Waals surface area contributed by atoms with Crippen LogP contribution in [-0.2, 0) is 21.8 Å². The molecule has 336 valence electrons. The Morgan fingerprint density at radius 1 is 0.635 bits per heavy atom. The minimum atomic E-state index is -4.43. The molecule has 13 nitrogen and oxygen atoms in total. The first-order valence-electron chi connectivity index (χ1n) is 18.7. The fourth-order valence-electron chi connectivity index (χ4n) is 5.55. The predicted molar refractivity (Wildman–Crippen MR) is 221 cm³/mol. The van der Waals surface area contributed by atoms with Crippen LogP contribution in [0.1, 0.15) is 45.7 Å². The van der Waals surface area contributed by atoms with Gasteiger partial charge in [-0.15, -0.1) is 0 Å². The number of amides is 1. The first-order chi connectivity index (χ1) is 29.8. The van der Waals surface area contributed by atoms with Crippen molar-refractivity contribution in [3.63, 3.8) is 0 Å². The fourth-order valence-corrected chi connectivity index (χ4v) is 5.55. The predicted octanol–water partition coefficient (Wildman–Crippen LogP) is 9.55. The highest BCUT2D eigenvalue weighted by molar-refractivity contribution is 5.99. The van der Waals surface area contributed by atoms with Crippen molar-refractivity contribution in [1.29, 1.82) is 0 Å². The number of nitrogens with two attached hydrogens (primary N) is 1. The number of benzene rings is 4. The second-order valence-corrected chi connectivity index (χ2v) is 13.7. The van der Waals surface area contributed by atoms with Crippen molar-refractivity contribution in [1.82, 2.24) is 15.3 Å². The van der Waals surface area contributed by atoms with Crippen molar-refractivity contribution in [2.75, 3.05) is 41.7 Å². The first kappa shape index (κ1) is 49.0. The van der Waals surface area contributed by atoms with E-state index in [0.717, 1.165) is 24.3 Å². The molecule has 1 amide bonds. The van der Waals surface area contributed by atoms with Crippen LogP contribution in [-0.4, -0.2) is 80.7 Å². The number of nitrogens with zero attached hydrogens (tertiary/aromatic N) is 2. The number of halogens is 6. The number of methoxy groups -OCH3 is 4. The second-order valence-electron chi connectivity index (χ2n) is 13.7. The zero-order valence-corrected chi connectivity index (χ0v) is 34.8. The zero-order valence-electron chi connectivity index (χ0n) is 34.8. The molecule has 0 bridgehead atoms. The summed E-state index contributed by atoms with van der Waals surface area (Å²) in [4.78, 5) is 32.0. The van der Waals surface area contributed by atoms with Crippen LogP contribution in [0.2, 0.25) is 0 Å². The van der Waals surface area contributed by atoms with Gasteiger partial charge in [0.25, 0.3) is 5.91 Å². The number of aromatic nitrogens is 2. The van der Waals surface area contributed by atoms with E-state index in [4.69, 9.17) is 34.5 Å². The number of hydrogen-bond donors (Lipinski definition) is 3. The molecule has 0 aliphatic carbocycles. The molecule has 0 aliphatic rings. The van der Waals surface area contributed by atoms with Gasteiger partial charge in [0.1, 0.15) is 34.0 Å². The van der Waals surface area contributed by atoms with Crippen molar-refractivity contribution >= 4 is 33.7 Å². The third kappa shape index (κ3) is 14.2. The molecule has 2 aromatic heterocycles. The van der Waals surface area contributed by atoms with Gasteiger partial charge in [-0.25, -0.2) is 4.79 Å². The molecular formula is C44H44F6N4O9. The van der Waals surface area contributed by atoms with Gasteiger partial charge >= 0.3 is 18.3 Å². The first-order valence-corrected chi connectivity index (χ1v) is 18.7. The molecule has 2 heterocycles. The van der Waals surface area contributed by atoms with E-state index in [1.54, 1.807) is 38.5 Å². The highest BCUT2D eigenvalue weighted by Gasteiger charge is 2.31. The summed E-state index contributed by atoms with van der Waals surface area (Å²) >= 11 is 0. The minimum Gasteiger partial charge on any atom is -0.497 e. The lowest BCUT2D eigenvalue weighted by atomic mass is 10.1. The highest BCUT2D eigenvalue weighted by atomic mass is 19.4. The number of carboxylic acid groups (broad SMARTS) is 1. The lowest BCUT2D eigenvalue weighted by Gasteiger charge is -2.14. The Morgan fingerprint density at radius 2 is 1.05 bits per heavy atom. The van der Waals surface area contributed by atoms with Crippen LogP contribution in [0.4, 0.5) is 26.3 Å². The number of nitrogens with one attached hydrogen (secondary N) is 1. The average Bonchev–Trinajstić information content (AvgIpc) is 3.23. The maximum atomic E-state index is 12.8.